The molecule has 0 spiro atoms. The van der Waals surface area contributed by atoms with E-state index in [0.29, 0.717) is 32.8 Å². The summed E-state index contributed by atoms with van der Waals surface area (Å²) in [5, 5.41) is 13.1. The average Bonchev–Trinajstić information content (AvgIpc) is 3.16. The van der Waals surface area contributed by atoms with Crippen molar-refractivity contribution in [1.29, 1.82) is 0 Å². The van der Waals surface area contributed by atoms with Crippen LogP contribution < -0.4 is 14.8 Å². The number of hydrogen-bond acceptors (Lipinski definition) is 8. The third-order valence-electron chi connectivity index (χ3n) is 5.40. The molecule has 1 aliphatic heterocycles. The minimum absolute atomic E-state index is 0.0235. The number of ether oxygens (including phenoxy) is 2. The number of rotatable bonds is 9. The molecule has 39 heavy (non-hydrogen) atoms. The molecule has 1 aliphatic rings. The van der Waals surface area contributed by atoms with E-state index in [9.17, 15) is 24.5 Å². The Balaban J connectivity index is 1.41. The molecule has 0 radical (unpaired) electrons. The SMILES string of the molecule is COc1ccc(NC(=O)CN2C(=O)S/C(=C/c3cc(Cl)c(OCc4ccc([N+](=O)[O-])cc4)c(Br)c3)C2=O)cc1. The zero-order chi connectivity index (χ0) is 28.1. The van der Waals surface area contributed by atoms with E-state index >= 15 is 0 Å². The molecule has 200 valence electrons. The number of nitro benzene ring substituents is 1. The van der Waals surface area contributed by atoms with Crippen molar-refractivity contribution in [2.75, 3.05) is 19.0 Å². The molecule has 1 heterocycles. The summed E-state index contributed by atoms with van der Waals surface area (Å²) < 4.78 is 11.4. The van der Waals surface area contributed by atoms with Gasteiger partial charge in [0.25, 0.3) is 16.8 Å². The summed E-state index contributed by atoms with van der Waals surface area (Å²) in [7, 11) is 1.53. The largest absolute Gasteiger partial charge is 0.497 e. The van der Waals surface area contributed by atoms with Crippen LogP contribution >= 0.6 is 39.3 Å². The predicted octanol–water partition coefficient (Wildman–Crippen LogP) is 6.27. The number of non-ortho nitro benzene ring substituents is 1. The number of halogens is 2. The molecule has 10 nitrogen and oxygen atoms in total. The lowest BCUT2D eigenvalue weighted by atomic mass is 10.2. The maximum Gasteiger partial charge on any atom is 0.294 e. The molecule has 0 saturated carbocycles. The smallest absolute Gasteiger partial charge is 0.294 e. The quantitative estimate of drug-likeness (QED) is 0.166. The number of carbonyl (C=O) groups excluding carboxylic acids is 3. The highest BCUT2D eigenvalue weighted by Gasteiger charge is 2.36. The van der Waals surface area contributed by atoms with E-state index in [0.717, 1.165) is 16.7 Å². The van der Waals surface area contributed by atoms with E-state index in [2.05, 4.69) is 21.2 Å². The van der Waals surface area contributed by atoms with Crippen LogP contribution in [-0.2, 0) is 16.2 Å². The van der Waals surface area contributed by atoms with Crippen LogP contribution in [0.4, 0.5) is 16.2 Å². The molecule has 0 aliphatic carbocycles. The van der Waals surface area contributed by atoms with Crippen LogP contribution in [0.5, 0.6) is 11.5 Å². The Labute approximate surface area is 240 Å². The van der Waals surface area contributed by atoms with Gasteiger partial charge in [-0.3, -0.25) is 29.4 Å². The van der Waals surface area contributed by atoms with Crippen LogP contribution in [0.25, 0.3) is 6.08 Å². The highest BCUT2D eigenvalue weighted by molar-refractivity contribution is 9.10. The van der Waals surface area contributed by atoms with Gasteiger partial charge in [0.05, 0.1) is 26.4 Å². The van der Waals surface area contributed by atoms with E-state index < -0.39 is 28.5 Å². The number of amides is 3. The standard InChI is InChI=1S/C26H19BrClN3O7S/c1-37-19-8-4-17(5-9-19)29-23(32)13-30-25(33)22(39-26(30)34)12-16-10-20(27)24(21(28)11-16)38-14-15-2-6-18(7-3-15)31(35)36/h2-12H,13-14H2,1H3,(H,29,32)/b22-12+. The highest BCUT2D eigenvalue weighted by atomic mass is 79.9. The lowest BCUT2D eigenvalue weighted by Crippen LogP contribution is -2.36. The first-order chi connectivity index (χ1) is 18.6. The Morgan fingerprint density at radius 2 is 1.85 bits per heavy atom. The number of anilines is 1. The van der Waals surface area contributed by atoms with Crippen molar-refractivity contribution >= 4 is 73.8 Å². The molecule has 13 heteroatoms. The number of nitrogens with zero attached hydrogens (tertiary/aromatic N) is 2. The topological polar surface area (TPSA) is 128 Å². The second-order valence-electron chi connectivity index (χ2n) is 8.07. The fraction of sp³-hybridized carbons (Fsp3) is 0.115. The minimum Gasteiger partial charge on any atom is -0.497 e. The lowest BCUT2D eigenvalue weighted by Gasteiger charge is -2.13. The van der Waals surface area contributed by atoms with Crippen molar-refractivity contribution < 1.29 is 28.8 Å². The molecule has 1 N–H and O–H groups in total. The number of nitrogens with one attached hydrogen (secondary N) is 1. The third kappa shape index (κ3) is 6.96. The molecule has 3 amide bonds. The Morgan fingerprint density at radius 3 is 2.46 bits per heavy atom. The van der Waals surface area contributed by atoms with Crippen molar-refractivity contribution in [2.24, 2.45) is 0 Å². The summed E-state index contributed by atoms with van der Waals surface area (Å²) in [6, 6.07) is 15.8. The van der Waals surface area contributed by atoms with Gasteiger partial charge in [0.15, 0.2) is 5.75 Å². The van der Waals surface area contributed by atoms with Gasteiger partial charge in [-0.15, -0.1) is 0 Å². The van der Waals surface area contributed by atoms with Gasteiger partial charge in [-0.1, -0.05) is 11.6 Å². The Hall–Kier alpha value is -3.87. The first kappa shape index (κ1) is 28.1. The molecule has 1 fully saturated rings. The van der Waals surface area contributed by atoms with Gasteiger partial charge < -0.3 is 14.8 Å². The predicted molar refractivity (Wildman–Crippen MR) is 151 cm³/mol. The van der Waals surface area contributed by atoms with Crippen LogP contribution in [0.3, 0.4) is 0 Å². The molecule has 3 aromatic rings. The normalized spacial score (nSPS) is 14.0. The van der Waals surface area contributed by atoms with Crippen molar-refractivity contribution in [3.63, 3.8) is 0 Å². The summed E-state index contributed by atoms with van der Waals surface area (Å²) in [6.45, 7) is -0.318. The average molecular weight is 633 g/mol. The number of hydrogen-bond donors (Lipinski definition) is 1. The van der Waals surface area contributed by atoms with Crippen LogP contribution in [0.1, 0.15) is 11.1 Å². The minimum atomic E-state index is -0.597. The molecule has 0 aromatic heterocycles. The van der Waals surface area contributed by atoms with Gasteiger partial charge >= 0.3 is 0 Å². The molecule has 0 bridgehead atoms. The van der Waals surface area contributed by atoms with Gasteiger partial charge in [-0.25, -0.2) is 0 Å². The first-order valence-corrected chi connectivity index (χ1v) is 13.2. The molecular weight excluding hydrogens is 614 g/mol. The van der Waals surface area contributed by atoms with E-state index in [4.69, 9.17) is 21.1 Å². The van der Waals surface area contributed by atoms with Crippen LogP contribution in [0.2, 0.25) is 5.02 Å². The summed E-state index contributed by atoms with van der Waals surface area (Å²) in [5.74, 6) is -0.153. The summed E-state index contributed by atoms with van der Waals surface area (Å²) >= 11 is 10.5. The van der Waals surface area contributed by atoms with Gasteiger partial charge in [-0.2, -0.15) is 0 Å². The Bertz CT molecular complexity index is 1460. The number of methoxy groups -OCH3 is 1. The summed E-state index contributed by atoms with van der Waals surface area (Å²) in [6.07, 6.45) is 1.50. The van der Waals surface area contributed by atoms with E-state index in [1.165, 1.54) is 25.3 Å². The fourth-order valence-electron chi connectivity index (χ4n) is 3.48. The molecule has 4 rings (SSSR count). The van der Waals surface area contributed by atoms with Gasteiger partial charge in [-0.05, 0) is 93.4 Å². The molecule has 3 aromatic carbocycles. The van der Waals surface area contributed by atoms with Gasteiger partial charge in [0.2, 0.25) is 5.91 Å². The van der Waals surface area contributed by atoms with E-state index in [1.54, 1.807) is 48.5 Å². The zero-order valence-corrected chi connectivity index (χ0v) is 23.3. The zero-order valence-electron chi connectivity index (χ0n) is 20.2. The molecular formula is C26H19BrClN3O7S. The maximum atomic E-state index is 12.9. The molecule has 0 atom stereocenters. The third-order valence-corrected chi connectivity index (χ3v) is 7.17. The van der Waals surface area contributed by atoms with Crippen molar-refractivity contribution in [1.82, 2.24) is 4.90 Å². The van der Waals surface area contributed by atoms with Crippen molar-refractivity contribution in [2.45, 2.75) is 6.61 Å². The lowest BCUT2D eigenvalue weighted by molar-refractivity contribution is -0.384. The second-order valence-corrected chi connectivity index (χ2v) is 10.3. The second kappa shape index (κ2) is 12.3. The van der Waals surface area contributed by atoms with E-state index in [-0.39, 0.29) is 22.2 Å². The van der Waals surface area contributed by atoms with Crippen molar-refractivity contribution in [3.05, 3.63) is 96.3 Å². The van der Waals surface area contributed by atoms with Crippen LogP contribution in [0, 0.1) is 10.1 Å². The number of benzene rings is 3. The first-order valence-electron chi connectivity index (χ1n) is 11.2. The number of imide groups is 1. The molecule has 0 unspecified atom stereocenters. The monoisotopic (exact) mass is 631 g/mol. The van der Waals surface area contributed by atoms with Crippen LogP contribution in [0.15, 0.2) is 70.0 Å². The van der Waals surface area contributed by atoms with Gasteiger partial charge in [0.1, 0.15) is 18.9 Å². The number of thioether (sulfide) groups is 1. The number of nitro groups is 1. The Kier molecular flexibility index (Phi) is 8.90. The van der Waals surface area contributed by atoms with Gasteiger partial charge in [0, 0.05) is 17.8 Å². The summed E-state index contributed by atoms with van der Waals surface area (Å²) in [5.41, 5.74) is 1.71. The Morgan fingerprint density at radius 1 is 1.15 bits per heavy atom. The van der Waals surface area contributed by atoms with Crippen molar-refractivity contribution in [3.8, 4) is 11.5 Å². The maximum absolute atomic E-state index is 12.9. The fourth-order valence-corrected chi connectivity index (χ4v) is 5.30. The summed E-state index contributed by atoms with van der Waals surface area (Å²) in [4.78, 5) is 49.1. The molecule has 1 saturated heterocycles. The van der Waals surface area contributed by atoms with E-state index in [1.807, 2.05) is 0 Å². The van der Waals surface area contributed by atoms with Crippen LogP contribution in [-0.4, -0.2) is 40.5 Å². The number of carbonyl (C=O) groups is 3. The highest BCUT2D eigenvalue weighted by Crippen LogP contribution is 2.38.